The summed E-state index contributed by atoms with van der Waals surface area (Å²) >= 11 is 6.17. The molecule has 0 saturated heterocycles. The van der Waals surface area contributed by atoms with Crippen LogP contribution in [-0.4, -0.2) is 40.8 Å². The number of benzene rings is 2. The van der Waals surface area contributed by atoms with Crippen molar-refractivity contribution in [3.8, 4) is 11.3 Å². The lowest BCUT2D eigenvalue weighted by Crippen LogP contribution is -2.18. The zero-order chi connectivity index (χ0) is 26.9. The zero-order valence-corrected chi connectivity index (χ0v) is 20.8. The first-order chi connectivity index (χ1) is 17.5. The number of hydrogen-bond acceptors (Lipinski definition) is 6. The van der Waals surface area contributed by atoms with Crippen molar-refractivity contribution >= 4 is 40.9 Å². The lowest BCUT2D eigenvalue weighted by molar-refractivity contribution is -0.144. The van der Waals surface area contributed by atoms with E-state index in [9.17, 15) is 23.2 Å². The number of alkyl halides is 2. The smallest absolute Gasteiger partial charge is 0.412 e. The topological polar surface area (TPSA) is 112 Å². The number of aromatic nitrogens is 2. The highest BCUT2D eigenvalue weighted by atomic mass is 35.5. The zero-order valence-electron chi connectivity index (χ0n) is 20.0. The SMILES string of the molecule is COC(=O)[C@@H]1[C@@H](C(=O)Nc2ccc(-c3nn(C)cc3NC(=O)O[C@H](C)c3ccccc3Cl)cc2)C1(F)F. The van der Waals surface area contributed by atoms with Gasteiger partial charge in [0.25, 0.3) is 5.92 Å². The lowest BCUT2D eigenvalue weighted by Gasteiger charge is -2.15. The van der Waals surface area contributed by atoms with Crippen LogP contribution in [0.25, 0.3) is 11.3 Å². The van der Waals surface area contributed by atoms with Crippen LogP contribution in [0, 0.1) is 11.8 Å². The summed E-state index contributed by atoms with van der Waals surface area (Å²) in [6.07, 6.45) is 0.277. The number of methoxy groups -OCH3 is 1. The van der Waals surface area contributed by atoms with Crippen LogP contribution in [0.3, 0.4) is 0 Å². The standard InChI is InChI=1S/C25H23ClF2N4O5/c1-13(16-6-4-5-7-17(16)26)37-24(35)30-18-12-32(2)31-21(18)14-8-10-15(11-9-14)29-22(33)19-20(23(34)36-3)25(19,27)28/h4-13,19-20H,1-3H3,(H,29,33)(H,30,35)/t13-,19+,20+/m1/s1. The maximum absolute atomic E-state index is 13.9. The molecule has 1 heterocycles. The van der Waals surface area contributed by atoms with Gasteiger partial charge in [-0.1, -0.05) is 41.9 Å². The maximum Gasteiger partial charge on any atom is 0.412 e. The molecule has 0 aliphatic heterocycles. The Kier molecular flexibility index (Phi) is 7.17. The average molecular weight is 533 g/mol. The fourth-order valence-electron chi connectivity index (χ4n) is 3.97. The summed E-state index contributed by atoms with van der Waals surface area (Å²) in [4.78, 5) is 36.3. The van der Waals surface area contributed by atoms with Gasteiger partial charge in [0.15, 0.2) is 0 Å². The second-order valence-corrected chi connectivity index (χ2v) is 8.89. The number of rotatable bonds is 7. The van der Waals surface area contributed by atoms with Crippen LogP contribution in [0.4, 0.5) is 25.0 Å². The number of anilines is 2. The van der Waals surface area contributed by atoms with Crippen LogP contribution in [0.1, 0.15) is 18.6 Å². The van der Waals surface area contributed by atoms with E-state index in [1.807, 2.05) is 0 Å². The van der Waals surface area contributed by atoms with Gasteiger partial charge in [0.1, 0.15) is 23.6 Å². The van der Waals surface area contributed by atoms with Gasteiger partial charge in [-0.15, -0.1) is 0 Å². The summed E-state index contributed by atoms with van der Waals surface area (Å²) in [7, 11) is 2.67. The van der Waals surface area contributed by atoms with E-state index in [1.165, 1.54) is 16.8 Å². The van der Waals surface area contributed by atoms with Gasteiger partial charge < -0.3 is 14.8 Å². The van der Waals surface area contributed by atoms with Crippen LogP contribution in [0.15, 0.2) is 54.7 Å². The second-order valence-electron chi connectivity index (χ2n) is 8.48. The quantitative estimate of drug-likeness (QED) is 0.412. The number of carbonyl (C=O) groups is 3. The van der Waals surface area contributed by atoms with Crippen molar-refractivity contribution in [2.75, 3.05) is 17.7 Å². The molecular weight excluding hydrogens is 510 g/mol. The molecule has 3 atom stereocenters. The van der Waals surface area contributed by atoms with E-state index in [0.29, 0.717) is 27.5 Å². The molecule has 0 unspecified atom stereocenters. The molecule has 0 radical (unpaired) electrons. The number of aryl methyl sites for hydroxylation is 1. The van der Waals surface area contributed by atoms with Gasteiger partial charge in [-0.2, -0.15) is 5.10 Å². The van der Waals surface area contributed by atoms with Crippen LogP contribution in [0.5, 0.6) is 0 Å². The fourth-order valence-corrected chi connectivity index (χ4v) is 4.26. The third-order valence-electron chi connectivity index (χ3n) is 5.91. The number of nitrogens with zero attached hydrogens (tertiary/aromatic N) is 2. The second kappa shape index (κ2) is 10.2. The average Bonchev–Trinajstić information content (AvgIpc) is 3.25. The van der Waals surface area contributed by atoms with Crippen LogP contribution in [0.2, 0.25) is 5.02 Å². The molecule has 12 heteroatoms. The number of ether oxygens (including phenoxy) is 2. The number of carbonyl (C=O) groups excluding carboxylic acids is 3. The molecule has 4 rings (SSSR count). The molecule has 37 heavy (non-hydrogen) atoms. The number of nitrogens with one attached hydrogen (secondary N) is 2. The van der Waals surface area contributed by atoms with Gasteiger partial charge in [0.2, 0.25) is 5.91 Å². The summed E-state index contributed by atoms with van der Waals surface area (Å²) in [5.41, 5.74) is 2.28. The monoisotopic (exact) mass is 532 g/mol. The van der Waals surface area contributed by atoms with Crippen molar-refractivity contribution in [1.82, 2.24) is 9.78 Å². The first-order valence-corrected chi connectivity index (χ1v) is 11.5. The highest BCUT2D eigenvalue weighted by Crippen LogP contribution is 2.56. The fraction of sp³-hybridized carbons (Fsp3) is 0.280. The first kappa shape index (κ1) is 26.1. The highest BCUT2D eigenvalue weighted by molar-refractivity contribution is 6.31. The van der Waals surface area contributed by atoms with Gasteiger partial charge in [0.05, 0.1) is 12.8 Å². The van der Waals surface area contributed by atoms with E-state index in [1.54, 1.807) is 56.6 Å². The Morgan fingerprint density at radius 3 is 2.41 bits per heavy atom. The van der Waals surface area contributed by atoms with Gasteiger partial charge in [-0.3, -0.25) is 19.6 Å². The van der Waals surface area contributed by atoms with Crippen LogP contribution in [-0.2, 0) is 26.1 Å². The molecule has 1 aliphatic carbocycles. The molecule has 1 aromatic heterocycles. The first-order valence-electron chi connectivity index (χ1n) is 11.2. The largest absolute Gasteiger partial charge is 0.469 e. The summed E-state index contributed by atoms with van der Waals surface area (Å²) in [5.74, 6) is -9.15. The van der Waals surface area contributed by atoms with Crippen molar-refractivity contribution in [1.29, 1.82) is 0 Å². The molecule has 2 amide bonds. The van der Waals surface area contributed by atoms with E-state index in [4.69, 9.17) is 16.3 Å². The highest BCUT2D eigenvalue weighted by Gasteiger charge is 2.76. The molecule has 0 spiro atoms. The number of amides is 2. The van der Waals surface area contributed by atoms with Gasteiger partial charge in [-0.05, 0) is 25.1 Å². The molecular formula is C25H23ClF2N4O5. The number of hydrogen-bond donors (Lipinski definition) is 2. The molecule has 2 N–H and O–H groups in total. The Hall–Kier alpha value is -3.99. The van der Waals surface area contributed by atoms with Crippen molar-refractivity contribution in [3.05, 3.63) is 65.3 Å². The number of esters is 1. The molecule has 1 fully saturated rings. The van der Waals surface area contributed by atoms with Gasteiger partial charge in [-0.25, -0.2) is 13.6 Å². The van der Waals surface area contributed by atoms with Crippen LogP contribution < -0.4 is 10.6 Å². The van der Waals surface area contributed by atoms with Gasteiger partial charge >= 0.3 is 12.1 Å². The molecule has 0 bridgehead atoms. The van der Waals surface area contributed by atoms with Crippen molar-refractivity contribution in [2.45, 2.75) is 19.0 Å². The maximum atomic E-state index is 13.9. The molecule has 2 aromatic carbocycles. The molecule has 1 saturated carbocycles. The van der Waals surface area contributed by atoms with E-state index in [2.05, 4.69) is 20.5 Å². The molecule has 1 aliphatic rings. The molecule has 194 valence electrons. The summed E-state index contributed by atoms with van der Waals surface area (Å²) in [6.45, 7) is 1.70. The minimum absolute atomic E-state index is 0.249. The third kappa shape index (κ3) is 5.41. The van der Waals surface area contributed by atoms with Crippen molar-refractivity contribution in [2.24, 2.45) is 18.9 Å². The van der Waals surface area contributed by atoms with E-state index >= 15 is 0 Å². The Morgan fingerprint density at radius 1 is 1.08 bits per heavy atom. The Balaban J connectivity index is 1.42. The van der Waals surface area contributed by atoms with E-state index in [0.717, 1.165) is 7.11 Å². The molecule has 9 nitrogen and oxygen atoms in total. The van der Waals surface area contributed by atoms with Crippen molar-refractivity contribution in [3.63, 3.8) is 0 Å². The summed E-state index contributed by atoms with van der Waals surface area (Å²) in [5, 5.41) is 9.89. The normalized spacial score (nSPS) is 18.4. The van der Waals surface area contributed by atoms with Gasteiger partial charge in [0, 0.05) is 35.1 Å². The Morgan fingerprint density at radius 2 is 1.76 bits per heavy atom. The summed E-state index contributed by atoms with van der Waals surface area (Å²) in [6, 6.07) is 13.2. The minimum Gasteiger partial charge on any atom is -0.469 e. The number of halogens is 3. The van der Waals surface area contributed by atoms with E-state index in [-0.39, 0.29) is 5.69 Å². The third-order valence-corrected chi connectivity index (χ3v) is 6.25. The Labute approximate surface area is 215 Å². The lowest BCUT2D eigenvalue weighted by atomic mass is 10.1. The predicted molar refractivity (Wildman–Crippen MR) is 131 cm³/mol. The predicted octanol–water partition coefficient (Wildman–Crippen LogP) is 5.04. The molecule has 3 aromatic rings. The van der Waals surface area contributed by atoms with E-state index < -0.39 is 41.8 Å². The van der Waals surface area contributed by atoms with Crippen molar-refractivity contribution < 1.29 is 32.6 Å². The Bertz CT molecular complexity index is 1350. The summed E-state index contributed by atoms with van der Waals surface area (Å²) < 4.78 is 39.0. The minimum atomic E-state index is -3.45. The van der Waals surface area contributed by atoms with Crippen LogP contribution >= 0.6 is 11.6 Å².